The molecule has 1 aromatic carbocycles. The molecule has 0 saturated carbocycles. The molecule has 0 radical (unpaired) electrons. The van der Waals surface area contributed by atoms with Crippen LogP contribution < -0.4 is 5.32 Å². The molecule has 0 aromatic heterocycles. The van der Waals surface area contributed by atoms with E-state index in [1.807, 2.05) is 0 Å². The highest BCUT2D eigenvalue weighted by Crippen LogP contribution is 2.47. The largest absolute Gasteiger partial charge is 0.460 e. The summed E-state index contributed by atoms with van der Waals surface area (Å²) in [5.74, 6) is -11.8. The van der Waals surface area contributed by atoms with Gasteiger partial charge < -0.3 is 5.32 Å². The zero-order valence-electron chi connectivity index (χ0n) is 8.94. The second-order valence-electron chi connectivity index (χ2n) is 3.47. The number of halogens is 7. The van der Waals surface area contributed by atoms with E-state index in [0.29, 0.717) is 0 Å². The molecule has 9 heteroatoms. The van der Waals surface area contributed by atoms with Gasteiger partial charge in [-0.25, -0.2) is 0 Å². The maximum atomic E-state index is 13.1. The van der Waals surface area contributed by atoms with E-state index < -0.39 is 23.0 Å². The van der Waals surface area contributed by atoms with Gasteiger partial charge in [0.1, 0.15) is 0 Å². The Morgan fingerprint density at radius 2 is 1.37 bits per heavy atom. The van der Waals surface area contributed by atoms with Crippen molar-refractivity contribution in [3.05, 3.63) is 30.3 Å². The second-order valence-corrected chi connectivity index (χ2v) is 3.87. The summed E-state index contributed by atoms with van der Waals surface area (Å²) in [7, 11) is 0. The first kappa shape index (κ1) is 15.7. The van der Waals surface area contributed by atoms with Gasteiger partial charge >= 0.3 is 18.0 Å². The summed E-state index contributed by atoms with van der Waals surface area (Å²) in [4.78, 5) is -1.90. The molecule has 0 bridgehead atoms. The molecule has 0 unspecified atom stereocenters. The molecule has 0 heterocycles. The van der Waals surface area contributed by atoms with Crippen LogP contribution in [0.1, 0.15) is 0 Å². The van der Waals surface area contributed by atoms with Gasteiger partial charge in [-0.15, -0.1) is 0 Å². The molecule has 0 atom stereocenters. The Balaban J connectivity index is 2.98. The number of anilines is 1. The third kappa shape index (κ3) is 2.96. The summed E-state index contributed by atoms with van der Waals surface area (Å²) in [6.45, 7) is 0. The normalized spacial score (nSPS) is 13.2. The molecule has 0 spiro atoms. The SMILES string of the molecule is FC(F)(F)C(F)(F)C(F)(F)C(=S)Nc1ccccc1. The number of hydrogen-bond donors (Lipinski definition) is 1. The van der Waals surface area contributed by atoms with E-state index in [1.165, 1.54) is 30.3 Å². The predicted octanol–water partition coefficient (Wildman–Crippen LogP) is 4.26. The van der Waals surface area contributed by atoms with Crippen molar-refractivity contribution in [2.75, 3.05) is 5.32 Å². The minimum atomic E-state index is -6.40. The van der Waals surface area contributed by atoms with Gasteiger partial charge in [0.15, 0.2) is 4.99 Å². The van der Waals surface area contributed by atoms with Gasteiger partial charge in [-0.3, -0.25) is 0 Å². The molecule has 1 nitrogen and oxygen atoms in total. The zero-order chi connectivity index (χ0) is 14.9. The molecule has 0 amide bonds. The van der Waals surface area contributed by atoms with Gasteiger partial charge in [0.2, 0.25) is 0 Å². The van der Waals surface area contributed by atoms with Crippen molar-refractivity contribution in [3.63, 3.8) is 0 Å². The monoisotopic (exact) mass is 305 g/mol. The topological polar surface area (TPSA) is 12.0 Å². The Morgan fingerprint density at radius 3 is 1.79 bits per heavy atom. The number of alkyl halides is 7. The molecule has 1 N–H and O–H groups in total. The number of thiocarbonyl (C=S) groups is 1. The molecule has 0 aliphatic carbocycles. The van der Waals surface area contributed by atoms with Crippen LogP contribution in [0.5, 0.6) is 0 Å². The van der Waals surface area contributed by atoms with Crippen LogP contribution in [-0.4, -0.2) is 23.0 Å². The van der Waals surface area contributed by atoms with E-state index in [2.05, 4.69) is 12.2 Å². The Morgan fingerprint density at radius 1 is 0.895 bits per heavy atom. The molecule has 0 aliphatic heterocycles. The number of benzene rings is 1. The molecule has 0 aliphatic rings. The van der Waals surface area contributed by atoms with Gasteiger partial charge in [0.05, 0.1) is 0 Å². The lowest BCUT2D eigenvalue weighted by molar-refractivity contribution is -0.335. The van der Waals surface area contributed by atoms with Crippen molar-refractivity contribution in [3.8, 4) is 0 Å². The third-order valence-corrected chi connectivity index (χ3v) is 2.43. The Bertz CT molecular complexity index is 455. The van der Waals surface area contributed by atoms with Crippen LogP contribution in [0.25, 0.3) is 0 Å². The minimum Gasteiger partial charge on any atom is -0.345 e. The maximum Gasteiger partial charge on any atom is 0.460 e. The van der Waals surface area contributed by atoms with Crippen LogP contribution >= 0.6 is 12.2 Å². The summed E-state index contributed by atoms with van der Waals surface area (Å²) in [6.07, 6.45) is -6.40. The fraction of sp³-hybridized carbons (Fsp3) is 0.300. The van der Waals surface area contributed by atoms with Crippen LogP contribution in [-0.2, 0) is 0 Å². The minimum absolute atomic E-state index is 0.120. The fourth-order valence-electron chi connectivity index (χ4n) is 1.05. The van der Waals surface area contributed by atoms with E-state index in [9.17, 15) is 30.7 Å². The second kappa shape index (κ2) is 4.95. The van der Waals surface area contributed by atoms with Gasteiger partial charge in [0.25, 0.3) is 0 Å². The van der Waals surface area contributed by atoms with Crippen molar-refractivity contribution < 1.29 is 30.7 Å². The first-order valence-electron chi connectivity index (χ1n) is 4.69. The first-order valence-corrected chi connectivity index (χ1v) is 5.10. The Kier molecular flexibility index (Phi) is 4.08. The molecule has 1 aromatic rings. The van der Waals surface area contributed by atoms with Crippen LogP contribution in [0, 0.1) is 0 Å². The van der Waals surface area contributed by atoms with E-state index in [-0.39, 0.29) is 5.69 Å². The van der Waals surface area contributed by atoms with E-state index in [4.69, 9.17) is 0 Å². The highest BCUT2D eigenvalue weighted by Gasteiger charge is 2.74. The van der Waals surface area contributed by atoms with Gasteiger partial charge in [-0.2, -0.15) is 30.7 Å². The average Bonchev–Trinajstić information content (AvgIpc) is 2.28. The number of nitrogens with one attached hydrogen (secondary N) is 1. The summed E-state index contributed by atoms with van der Waals surface area (Å²) in [5.41, 5.74) is -0.120. The Hall–Kier alpha value is -1.38. The molecule has 1 rings (SSSR count). The zero-order valence-corrected chi connectivity index (χ0v) is 9.76. The molecule has 106 valence electrons. The van der Waals surface area contributed by atoms with Gasteiger partial charge in [0, 0.05) is 5.69 Å². The van der Waals surface area contributed by atoms with Crippen LogP contribution in [0.2, 0.25) is 0 Å². The fourth-order valence-corrected chi connectivity index (χ4v) is 1.30. The maximum absolute atomic E-state index is 13.1. The van der Waals surface area contributed by atoms with E-state index >= 15 is 0 Å². The van der Waals surface area contributed by atoms with Crippen molar-refractivity contribution in [2.24, 2.45) is 0 Å². The quantitative estimate of drug-likeness (QED) is 0.661. The summed E-state index contributed by atoms with van der Waals surface area (Å²) in [6, 6.07) is 6.61. The molecular weight excluding hydrogens is 299 g/mol. The average molecular weight is 305 g/mol. The smallest absolute Gasteiger partial charge is 0.345 e. The third-order valence-electron chi connectivity index (χ3n) is 2.07. The number of hydrogen-bond acceptors (Lipinski definition) is 1. The highest BCUT2D eigenvalue weighted by molar-refractivity contribution is 7.80. The van der Waals surface area contributed by atoms with Crippen LogP contribution in [0.4, 0.5) is 36.4 Å². The summed E-state index contributed by atoms with van der Waals surface area (Å²) >= 11 is 3.95. The van der Waals surface area contributed by atoms with Crippen LogP contribution in [0.3, 0.4) is 0 Å². The van der Waals surface area contributed by atoms with Crippen molar-refractivity contribution in [1.82, 2.24) is 0 Å². The molecule has 19 heavy (non-hydrogen) atoms. The Labute approximate surface area is 108 Å². The number of rotatable bonds is 3. The summed E-state index contributed by atoms with van der Waals surface area (Å²) < 4.78 is 87.3. The van der Waals surface area contributed by atoms with Crippen molar-refractivity contribution in [1.29, 1.82) is 0 Å². The van der Waals surface area contributed by atoms with Crippen molar-refractivity contribution in [2.45, 2.75) is 18.0 Å². The highest BCUT2D eigenvalue weighted by atomic mass is 32.1. The number of para-hydroxylation sites is 1. The predicted molar refractivity (Wildman–Crippen MR) is 58.6 cm³/mol. The standard InChI is InChI=1S/C10H6F7NS/c11-8(12,9(13,14)10(15,16)17)7(19)18-6-4-2-1-3-5-6/h1-5H,(H,18,19). The molecule has 0 fully saturated rings. The molecule has 0 saturated heterocycles. The van der Waals surface area contributed by atoms with Gasteiger partial charge in [-0.1, -0.05) is 30.4 Å². The molecular formula is C10H6F7NS. The lowest BCUT2D eigenvalue weighted by Gasteiger charge is -2.28. The first-order chi connectivity index (χ1) is 8.50. The van der Waals surface area contributed by atoms with E-state index in [1.54, 1.807) is 5.32 Å². The van der Waals surface area contributed by atoms with Crippen LogP contribution in [0.15, 0.2) is 30.3 Å². The lowest BCUT2D eigenvalue weighted by atomic mass is 10.1. The van der Waals surface area contributed by atoms with Gasteiger partial charge in [-0.05, 0) is 12.1 Å². The van der Waals surface area contributed by atoms with E-state index in [0.717, 1.165) is 0 Å². The van der Waals surface area contributed by atoms with Crippen molar-refractivity contribution >= 4 is 22.9 Å². The summed E-state index contributed by atoms with van der Waals surface area (Å²) in [5, 5.41) is 1.66. The lowest BCUT2D eigenvalue weighted by Crippen LogP contribution is -2.57.